The highest BCUT2D eigenvalue weighted by atomic mass is 16.1. The summed E-state index contributed by atoms with van der Waals surface area (Å²) in [7, 11) is 0. The third-order valence-corrected chi connectivity index (χ3v) is 4.99. The summed E-state index contributed by atoms with van der Waals surface area (Å²) in [6.45, 7) is 2.75. The van der Waals surface area contributed by atoms with Crippen LogP contribution in [0.15, 0.2) is 91.3 Å². The average molecular weight is 381 g/mol. The van der Waals surface area contributed by atoms with Crippen molar-refractivity contribution in [1.29, 1.82) is 0 Å². The molecule has 3 aromatic carbocycles. The first kappa shape index (κ1) is 18.7. The molecule has 0 saturated heterocycles. The predicted octanol–water partition coefficient (Wildman–Crippen LogP) is 5.08. The minimum atomic E-state index is -0.0882. The van der Waals surface area contributed by atoms with Gasteiger partial charge in [-0.2, -0.15) is 0 Å². The van der Waals surface area contributed by atoms with E-state index in [0.717, 1.165) is 35.6 Å². The summed E-state index contributed by atoms with van der Waals surface area (Å²) in [5, 5.41) is 3.02. The smallest absolute Gasteiger partial charge is 0.255 e. The Morgan fingerprint density at radius 3 is 2.34 bits per heavy atom. The maximum absolute atomic E-state index is 12.9. The summed E-state index contributed by atoms with van der Waals surface area (Å²) in [6.07, 6.45) is 4.50. The van der Waals surface area contributed by atoms with E-state index in [1.807, 2.05) is 79.9 Å². The van der Waals surface area contributed by atoms with E-state index in [1.54, 1.807) is 6.20 Å². The Morgan fingerprint density at radius 2 is 1.62 bits per heavy atom. The SMILES string of the molecule is Cc1nccn1Cc1ccc(NC(=O)c2ccccc2Cc2ccccc2)cc1. The zero-order valence-electron chi connectivity index (χ0n) is 16.4. The molecule has 0 aliphatic carbocycles. The van der Waals surface area contributed by atoms with Crippen LogP contribution in [0.5, 0.6) is 0 Å². The first-order valence-corrected chi connectivity index (χ1v) is 9.69. The Bertz CT molecular complexity index is 1100. The Morgan fingerprint density at radius 1 is 0.897 bits per heavy atom. The number of imidazole rings is 1. The lowest BCUT2D eigenvalue weighted by atomic mass is 9.99. The van der Waals surface area contributed by atoms with Gasteiger partial charge in [-0.1, -0.05) is 60.7 Å². The molecule has 0 saturated carbocycles. The monoisotopic (exact) mass is 381 g/mol. The van der Waals surface area contributed by atoms with Gasteiger partial charge in [-0.25, -0.2) is 4.98 Å². The van der Waals surface area contributed by atoms with Crippen molar-refractivity contribution in [3.05, 3.63) is 119 Å². The fourth-order valence-electron chi connectivity index (χ4n) is 3.37. The van der Waals surface area contributed by atoms with Gasteiger partial charge in [0.2, 0.25) is 0 Å². The van der Waals surface area contributed by atoms with Crippen LogP contribution in [-0.2, 0) is 13.0 Å². The van der Waals surface area contributed by atoms with Gasteiger partial charge in [-0.3, -0.25) is 4.79 Å². The van der Waals surface area contributed by atoms with Crippen molar-refractivity contribution in [1.82, 2.24) is 9.55 Å². The molecule has 1 heterocycles. The Labute approximate surface area is 170 Å². The van der Waals surface area contributed by atoms with E-state index in [-0.39, 0.29) is 5.91 Å². The van der Waals surface area contributed by atoms with Crippen molar-refractivity contribution in [2.75, 3.05) is 5.32 Å². The van der Waals surface area contributed by atoms with E-state index in [9.17, 15) is 4.79 Å². The van der Waals surface area contributed by atoms with Crippen molar-refractivity contribution in [3.63, 3.8) is 0 Å². The van der Waals surface area contributed by atoms with Gasteiger partial charge >= 0.3 is 0 Å². The summed E-state index contributed by atoms with van der Waals surface area (Å²) in [4.78, 5) is 17.1. The van der Waals surface area contributed by atoms with E-state index in [1.165, 1.54) is 5.56 Å². The number of anilines is 1. The zero-order chi connectivity index (χ0) is 20.1. The zero-order valence-corrected chi connectivity index (χ0v) is 16.4. The normalized spacial score (nSPS) is 10.7. The van der Waals surface area contributed by atoms with E-state index in [2.05, 4.69) is 27.0 Å². The molecular weight excluding hydrogens is 358 g/mol. The van der Waals surface area contributed by atoms with Gasteiger partial charge in [-0.05, 0) is 48.2 Å². The number of carbonyl (C=O) groups excluding carboxylic acids is 1. The average Bonchev–Trinajstić information content (AvgIpc) is 3.15. The van der Waals surface area contributed by atoms with Crippen molar-refractivity contribution >= 4 is 11.6 Å². The van der Waals surface area contributed by atoms with Gasteiger partial charge < -0.3 is 9.88 Å². The standard InChI is InChI=1S/C25H23N3O/c1-19-26-15-16-28(19)18-21-11-13-23(14-12-21)27-25(29)24-10-6-5-9-22(24)17-20-7-3-2-4-8-20/h2-16H,17-18H2,1H3,(H,27,29). The first-order chi connectivity index (χ1) is 14.2. The number of aryl methyl sites for hydroxylation is 1. The minimum Gasteiger partial charge on any atom is -0.331 e. The molecule has 4 heteroatoms. The molecule has 0 aliphatic heterocycles. The Hall–Kier alpha value is -3.66. The number of rotatable bonds is 6. The van der Waals surface area contributed by atoms with Gasteiger partial charge in [0.05, 0.1) is 0 Å². The minimum absolute atomic E-state index is 0.0882. The van der Waals surface area contributed by atoms with Crippen molar-refractivity contribution < 1.29 is 4.79 Å². The van der Waals surface area contributed by atoms with Crippen LogP contribution in [-0.4, -0.2) is 15.5 Å². The molecular formula is C25H23N3O. The number of hydrogen-bond donors (Lipinski definition) is 1. The number of aromatic nitrogens is 2. The summed E-state index contributed by atoms with van der Waals surface area (Å²) in [5.41, 5.74) is 4.86. The molecule has 1 N–H and O–H groups in total. The molecule has 4 rings (SSSR count). The number of nitrogens with one attached hydrogen (secondary N) is 1. The van der Waals surface area contributed by atoms with Crippen LogP contribution < -0.4 is 5.32 Å². The summed E-state index contributed by atoms with van der Waals surface area (Å²) in [5.74, 6) is 0.895. The highest BCUT2D eigenvalue weighted by Gasteiger charge is 2.12. The molecule has 0 spiro atoms. The van der Waals surface area contributed by atoms with Gasteiger partial charge in [0.1, 0.15) is 5.82 Å². The first-order valence-electron chi connectivity index (χ1n) is 9.69. The third kappa shape index (κ3) is 4.61. The number of carbonyl (C=O) groups is 1. The quantitative estimate of drug-likeness (QED) is 0.506. The van der Waals surface area contributed by atoms with Crippen LogP contribution in [0.4, 0.5) is 5.69 Å². The molecule has 0 radical (unpaired) electrons. The second-order valence-electron chi connectivity index (χ2n) is 7.07. The molecule has 0 bridgehead atoms. The molecule has 0 unspecified atom stereocenters. The Kier molecular flexibility index (Phi) is 5.52. The van der Waals surface area contributed by atoms with Crippen LogP contribution >= 0.6 is 0 Å². The Balaban J connectivity index is 1.46. The number of amides is 1. The third-order valence-electron chi connectivity index (χ3n) is 4.99. The fraction of sp³-hybridized carbons (Fsp3) is 0.120. The van der Waals surface area contributed by atoms with E-state index in [4.69, 9.17) is 0 Å². The molecule has 4 nitrogen and oxygen atoms in total. The highest BCUT2D eigenvalue weighted by molar-refractivity contribution is 6.05. The van der Waals surface area contributed by atoms with Crippen LogP contribution in [0.3, 0.4) is 0 Å². The molecule has 0 atom stereocenters. The second-order valence-corrected chi connectivity index (χ2v) is 7.07. The predicted molar refractivity (Wildman–Crippen MR) is 116 cm³/mol. The number of benzene rings is 3. The van der Waals surface area contributed by atoms with Crippen molar-refractivity contribution in [2.45, 2.75) is 19.9 Å². The lowest BCUT2D eigenvalue weighted by molar-refractivity contribution is 0.102. The lowest BCUT2D eigenvalue weighted by Crippen LogP contribution is -2.14. The van der Waals surface area contributed by atoms with Gasteiger partial charge in [-0.15, -0.1) is 0 Å². The molecule has 0 fully saturated rings. The van der Waals surface area contributed by atoms with E-state index in [0.29, 0.717) is 5.56 Å². The molecule has 29 heavy (non-hydrogen) atoms. The molecule has 144 valence electrons. The van der Waals surface area contributed by atoms with Crippen molar-refractivity contribution in [2.24, 2.45) is 0 Å². The van der Waals surface area contributed by atoms with E-state index < -0.39 is 0 Å². The van der Waals surface area contributed by atoms with Crippen LogP contribution in [0.2, 0.25) is 0 Å². The topological polar surface area (TPSA) is 46.9 Å². The summed E-state index contributed by atoms with van der Waals surface area (Å²) >= 11 is 0. The molecule has 1 amide bonds. The maximum atomic E-state index is 12.9. The fourth-order valence-corrected chi connectivity index (χ4v) is 3.37. The van der Waals surface area contributed by atoms with E-state index >= 15 is 0 Å². The summed E-state index contributed by atoms with van der Waals surface area (Å²) in [6, 6.07) is 25.9. The van der Waals surface area contributed by atoms with Crippen LogP contribution in [0.25, 0.3) is 0 Å². The highest BCUT2D eigenvalue weighted by Crippen LogP contribution is 2.17. The lowest BCUT2D eigenvalue weighted by Gasteiger charge is -2.11. The van der Waals surface area contributed by atoms with Crippen LogP contribution in [0, 0.1) is 6.92 Å². The molecule has 1 aromatic heterocycles. The van der Waals surface area contributed by atoms with Gasteiger partial charge in [0.25, 0.3) is 5.91 Å². The van der Waals surface area contributed by atoms with Crippen molar-refractivity contribution in [3.8, 4) is 0 Å². The second kappa shape index (κ2) is 8.57. The molecule has 4 aromatic rings. The molecule has 0 aliphatic rings. The largest absolute Gasteiger partial charge is 0.331 e. The number of nitrogens with zero attached hydrogens (tertiary/aromatic N) is 2. The van der Waals surface area contributed by atoms with Gasteiger partial charge in [0, 0.05) is 30.2 Å². The number of hydrogen-bond acceptors (Lipinski definition) is 2. The maximum Gasteiger partial charge on any atom is 0.255 e. The van der Waals surface area contributed by atoms with Gasteiger partial charge in [0.15, 0.2) is 0 Å². The summed E-state index contributed by atoms with van der Waals surface area (Å²) < 4.78 is 2.09. The van der Waals surface area contributed by atoms with Crippen LogP contribution in [0.1, 0.15) is 32.9 Å².